The summed E-state index contributed by atoms with van der Waals surface area (Å²) in [6.45, 7) is 1.92. The van der Waals surface area contributed by atoms with Gasteiger partial charge in [0, 0.05) is 29.4 Å². The smallest absolute Gasteiger partial charge is 0.316 e. The highest BCUT2D eigenvalue weighted by Crippen LogP contribution is 2.39. The van der Waals surface area contributed by atoms with E-state index < -0.39 is 10.0 Å². The highest BCUT2D eigenvalue weighted by molar-refractivity contribution is 7.90. The number of benzene rings is 2. The van der Waals surface area contributed by atoms with Crippen LogP contribution in [0.2, 0.25) is 0 Å². The number of aryl methyl sites for hydroxylation is 2. The Hall–Kier alpha value is -3.23. The lowest BCUT2D eigenvalue weighted by atomic mass is 10.0. The molecule has 0 saturated heterocycles. The van der Waals surface area contributed by atoms with Gasteiger partial charge in [-0.3, -0.25) is 0 Å². The first kappa shape index (κ1) is 19.7. The number of ether oxygens (including phenoxy) is 1. The van der Waals surface area contributed by atoms with E-state index in [1.165, 1.54) is 11.1 Å². The fourth-order valence-corrected chi connectivity index (χ4v) is 5.77. The average Bonchev–Trinajstić information content (AvgIpc) is 3.35. The maximum Gasteiger partial charge on any atom is 0.316 e. The maximum atomic E-state index is 13.8. The molecule has 7 nitrogen and oxygen atoms in total. The van der Waals surface area contributed by atoms with Crippen molar-refractivity contribution in [2.24, 2.45) is 5.73 Å². The lowest BCUT2D eigenvalue weighted by Crippen LogP contribution is -2.14. The molecule has 8 heteroatoms. The molecule has 2 aromatic heterocycles. The zero-order valence-corrected chi connectivity index (χ0v) is 18.1. The predicted molar refractivity (Wildman–Crippen MR) is 119 cm³/mol. The first-order valence-corrected chi connectivity index (χ1v) is 11.5. The third kappa shape index (κ3) is 3.10. The van der Waals surface area contributed by atoms with Gasteiger partial charge in [-0.2, -0.15) is 0 Å². The number of nitrogens with two attached hydrogens (primary N) is 1. The molecular weight excluding hydrogens is 412 g/mol. The minimum Gasteiger partial charge on any atom is -0.467 e. The van der Waals surface area contributed by atoms with Crippen LogP contribution in [0.3, 0.4) is 0 Å². The number of methoxy groups -OCH3 is 1. The Morgan fingerprint density at radius 1 is 1.10 bits per heavy atom. The minimum absolute atomic E-state index is 0.0239. The van der Waals surface area contributed by atoms with Gasteiger partial charge < -0.3 is 10.5 Å². The summed E-state index contributed by atoms with van der Waals surface area (Å²) in [5.74, 6) is 0. The minimum atomic E-state index is -3.87. The van der Waals surface area contributed by atoms with E-state index >= 15 is 0 Å². The number of rotatable bonds is 4. The Labute approximate surface area is 180 Å². The third-order valence-electron chi connectivity index (χ3n) is 5.86. The number of hydrogen-bond donors (Lipinski definition) is 1. The second-order valence-electron chi connectivity index (χ2n) is 7.78. The molecule has 1 aliphatic rings. The lowest BCUT2D eigenvalue weighted by molar-refractivity contribution is 0.380. The van der Waals surface area contributed by atoms with Crippen molar-refractivity contribution in [1.82, 2.24) is 13.9 Å². The molecule has 0 bridgehead atoms. The number of fused-ring (bicyclic) bond motifs is 3. The Kier molecular flexibility index (Phi) is 4.56. The van der Waals surface area contributed by atoms with Crippen molar-refractivity contribution in [3.8, 4) is 17.3 Å². The summed E-state index contributed by atoms with van der Waals surface area (Å²) < 4.78 is 34.0. The second-order valence-corrected chi connectivity index (χ2v) is 9.57. The molecule has 0 radical (unpaired) electrons. The van der Waals surface area contributed by atoms with Crippen LogP contribution in [0, 0.1) is 6.92 Å². The van der Waals surface area contributed by atoms with Crippen molar-refractivity contribution >= 4 is 20.9 Å². The highest BCUT2D eigenvalue weighted by atomic mass is 32.2. The van der Waals surface area contributed by atoms with E-state index in [2.05, 4.69) is 9.97 Å². The molecule has 2 heterocycles. The van der Waals surface area contributed by atoms with Gasteiger partial charge in [-0.15, -0.1) is 0 Å². The summed E-state index contributed by atoms with van der Waals surface area (Å²) in [5.41, 5.74) is 11.2. The van der Waals surface area contributed by atoms with Crippen molar-refractivity contribution in [2.75, 3.05) is 7.11 Å². The summed E-state index contributed by atoms with van der Waals surface area (Å²) in [4.78, 5) is 8.57. The summed E-state index contributed by atoms with van der Waals surface area (Å²) in [7, 11) is -2.38. The van der Waals surface area contributed by atoms with Crippen LogP contribution < -0.4 is 10.5 Å². The molecule has 0 spiro atoms. The van der Waals surface area contributed by atoms with E-state index in [4.69, 9.17) is 10.5 Å². The fraction of sp³-hybridized carbons (Fsp3) is 0.217. The van der Waals surface area contributed by atoms with Crippen molar-refractivity contribution < 1.29 is 13.2 Å². The van der Waals surface area contributed by atoms with Gasteiger partial charge in [-0.05, 0) is 55.2 Å². The molecule has 0 fully saturated rings. The Bertz CT molecular complexity index is 1390. The van der Waals surface area contributed by atoms with Gasteiger partial charge in [0.15, 0.2) is 0 Å². The Morgan fingerprint density at radius 2 is 1.81 bits per heavy atom. The molecule has 0 amide bonds. The summed E-state index contributed by atoms with van der Waals surface area (Å²) >= 11 is 0. The van der Waals surface area contributed by atoms with Crippen molar-refractivity contribution in [1.29, 1.82) is 0 Å². The molecule has 1 aliphatic carbocycles. The van der Waals surface area contributed by atoms with Crippen molar-refractivity contribution in [3.63, 3.8) is 0 Å². The fourth-order valence-electron chi connectivity index (χ4n) is 4.24. The molecule has 158 valence electrons. The summed E-state index contributed by atoms with van der Waals surface area (Å²) in [6, 6.07) is 12.8. The molecule has 5 rings (SSSR count). The van der Waals surface area contributed by atoms with Gasteiger partial charge in [-0.25, -0.2) is 22.4 Å². The summed E-state index contributed by atoms with van der Waals surface area (Å²) in [5, 5.41) is 0.895. The van der Waals surface area contributed by atoms with E-state index in [-0.39, 0.29) is 16.9 Å². The van der Waals surface area contributed by atoms with Crippen LogP contribution in [0.4, 0.5) is 0 Å². The average molecular weight is 435 g/mol. The van der Waals surface area contributed by atoms with Crippen molar-refractivity contribution in [3.05, 3.63) is 71.5 Å². The van der Waals surface area contributed by atoms with Crippen LogP contribution >= 0.6 is 0 Å². The van der Waals surface area contributed by atoms with Gasteiger partial charge in [0.1, 0.15) is 0 Å². The maximum absolute atomic E-state index is 13.8. The first-order chi connectivity index (χ1) is 14.9. The first-order valence-electron chi connectivity index (χ1n) is 10.0. The Morgan fingerprint density at radius 3 is 2.48 bits per heavy atom. The van der Waals surface area contributed by atoms with E-state index in [1.807, 2.05) is 25.1 Å². The van der Waals surface area contributed by atoms with Crippen LogP contribution in [-0.4, -0.2) is 29.5 Å². The van der Waals surface area contributed by atoms with E-state index in [9.17, 15) is 8.42 Å². The van der Waals surface area contributed by atoms with Crippen LogP contribution in [0.5, 0.6) is 6.01 Å². The topological polar surface area (TPSA) is 100 Å². The molecular formula is C23H22N4O3S. The molecule has 1 atom stereocenters. The lowest BCUT2D eigenvalue weighted by Gasteiger charge is -2.13. The zero-order chi connectivity index (χ0) is 21.8. The summed E-state index contributed by atoms with van der Waals surface area (Å²) in [6.07, 6.45) is 4.83. The largest absolute Gasteiger partial charge is 0.467 e. The molecule has 1 unspecified atom stereocenters. The van der Waals surface area contributed by atoms with Crippen LogP contribution in [0.25, 0.3) is 22.2 Å². The number of aromatic nitrogens is 3. The number of hydrogen-bond acceptors (Lipinski definition) is 6. The van der Waals surface area contributed by atoms with Gasteiger partial charge >= 0.3 is 6.01 Å². The van der Waals surface area contributed by atoms with Crippen molar-refractivity contribution in [2.45, 2.75) is 30.7 Å². The number of nitrogens with zero attached hydrogens (tertiary/aromatic N) is 3. The molecule has 2 N–H and O–H groups in total. The standard InChI is InChI=1S/C23H22N4O3S/c1-14-3-5-16(6-4-14)31(28,29)27-21-10-8-18-17(7-9-20(18)24)19(21)11-22(27)15-12-25-23(30-2)26-13-15/h3-6,8,10-13,20H,7,9,24H2,1-2H3. The monoisotopic (exact) mass is 434 g/mol. The highest BCUT2D eigenvalue weighted by Gasteiger charge is 2.28. The van der Waals surface area contributed by atoms with Crippen LogP contribution in [0.15, 0.2) is 59.8 Å². The van der Waals surface area contributed by atoms with Gasteiger partial charge in [0.25, 0.3) is 10.0 Å². The molecule has 4 aromatic rings. The molecule has 31 heavy (non-hydrogen) atoms. The van der Waals surface area contributed by atoms with E-state index in [0.717, 1.165) is 34.9 Å². The van der Waals surface area contributed by atoms with Crippen LogP contribution in [0.1, 0.15) is 29.2 Å². The second kappa shape index (κ2) is 7.18. The Balaban J connectivity index is 1.81. The van der Waals surface area contributed by atoms with Crippen LogP contribution in [-0.2, 0) is 16.4 Å². The molecule has 0 saturated carbocycles. The van der Waals surface area contributed by atoms with Gasteiger partial charge in [0.05, 0.1) is 23.2 Å². The van der Waals surface area contributed by atoms with E-state index in [0.29, 0.717) is 16.8 Å². The van der Waals surface area contributed by atoms with E-state index in [1.54, 1.807) is 36.7 Å². The third-order valence-corrected chi connectivity index (χ3v) is 7.60. The molecule has 2 aromatic carbocycles. The molecule has 0 aliphatic heterocycles. The zero-order valence-electron chi connectivity index (χ0n) is 17.2. The quantitative estimate of drug-likeness (QED) is 0.527. The van der Waals surface area contributed by atoms with Gasteiger partial charge in [0.2, 0.25) is 0 Å². The van der Waals surface area contributed by atoms with Gasteiger partial charge in [-0.1, -0.05) is 23.8 Å². The normalized spacial score (nSPS) is 15.9. The predicted octanol–water partition coefficient (Wildman–Crippen LogP) is 3.60. The SMILES string of the molecule is COc1ncc(-c2cc3c4c(ccc3n2S(=O)(=O)c2ccc(C)cc2)C(N)CC4)cn1.